The first-order valence-corrected chi connectivity index (χ1v) is 8.19. The summed E-state index contributed by atoms with van der Waals surface area (Å²) in [5, 5.41) is 0. The zero-order valence-corrected chi connectivity index (χ0v) is 12.8. The number of hydrogen-bond donors (Lipinski definition) is 0. The van der Waals surface area contributed by atoms with Gasteiger partial charge in [-0.15, -0.1) is 11.8 Å². The van der Waals surface area contributed by atoms with Gasteiger partial charge in [0.1, 0.15) is 5.78 Å². The maximum absolute atomic E-state index is 12.3. The van der Waals surface area contributed by atoms with Crippen molar-refractivity contribution < 1.29 is 9.53 Å². The number of ether oxygens (including phenoxy) is 1. The van der Waals surface area contributed by atoms with E-state index in [0.29, 0.717) is 11.5 Å². The van der Waals surface area contributed by atoms with Gasteiger partial charge in [-0.1, -0.05) is 33.6 Å². The number of thioether (sulfide) groups is 1. The predicted molar refractivity (Wildman–Crippen MR) is 77.1 cm³/mol. The molecule has 18 heavy (non-hydrogen) atoms. The van der Waals surface area contributed by atoms with E-state index in [1.54, 1.807) is 11.8 Å². The standard InChI is InChI=1S/C15H26O2S/c1-14(2,3)18-11-13(16)12-6-9-17-15(10-12)7-4-5-8-15/h12H,4-11H2,1-3H3. The van der Waals surface area contributed by atoms with Gasteiger partial charge >= 0.3 is 0 Å². The van der Waals surface area contributed by atoms with Crippen LogP contribution in [0, 0.1) is 5.92 Å². The van der Waals surface area contributed by atoms with Crippen LogP contribution in [-0.2, 0) is 9.53 Å². The largest absolute Gasteiger partial charge is 0.375 e. The highest BCUT2D eigenvalue weighted by Crippen LogP contribution is 2.42. The van der Waals surface area contributed by atoms with Gasteiger partial charge in [0, 0.05) is 17.3 Å². The first-order valence-electron chi connectivity index (χ1n) is 7.21. The molecule has 2 aliphatic rings. The molecule has 0 amide bonds. The lowest BCUT2D eigenvalue weighted by Crippen LogP contribution is -2.40. The van der Waals surface area contributed by atoms with E-state index in [-0.39, 0.29) is 16.3 Å². The Kier molecular flexibility index (Phi) is 4.43. The van der Waals surface area contributed by atoms with E-state index in [2.05, 4.69) is 20.8 Å². The number of carbonyl (C=O) groups is 1. The van der Waals surface area contributed by atoms with Gasteiger partial charge in [0.2, 0.25) is 0 Å². The van der Waals surface area contributed by atoms with Crippen molar-refractivity contribution in [3.63, 3.8) is 0 Å². The summed E-state index contributed by atoms with van der Waals surface area (Å²) in [6.07, 6.45) is 6.81. The van der Waals surface area contributed by atoms with Crippen molar-refractivity contribution in [1.29, 1.82) is 0 Å². The van der Waals surface area contributed by atoms with Crippen molar-refractivity contribution >= 4 is 17.5 Å². The van der Waals surface area contributed by atoms with Crippen molar-refractivity contribution in [2.45, 2.75) is 69.6 Å². The van der Waals surface area contributed by atoms with E-state index in [1.807, 2.05) is 0 Å². The summed E-state index contributed by atoms with van der Waals surface area (Å²) in [7, 11) is 0. The van der Waals surface area contributed by atoms with Crippen LogP contribution in [0.15, 0.2) is 0 Å². The fourth-order valence-corrected chi connectivity index (χ4v) is 3.89. The number of rotatable bonds is 3. The van der Waals surface area contributed by atoms with Crippen molar-refractivity contribution in [3.05, 3.63) is 0 Å². The van der Waals surface area contributed by atoms with E-state index in [1.165, 1.54) is 25.7 Å². The highest BCUT2D eigenvalue weighted by atomic mass is 32.2. The first kappa shape index (κ1) is 14.4. The molecule has 104 valence electrons. The molecule has 1 aliphatic heterocycles. The smallest absolute Gasteiger partial charge is 0.146 e. The minimum Gasteiger partial charge on any atom is -0.375 e. The van der Waals surface area contributed by atoms with E-state index < -0.39 is 0 Å². The molecule has 1 saturated heterocycles. The summed E-state index contributed by atoms with van der Waals surface area (Å²) in [5.41, 5.74) is 0.0744. The Balaban J connectivity index is 1.86. The van der Waals surface area contributed by atoms with E-state index in [0.717, 1.165) is 19.4 Å². The summed E-state index contributed by atoms with van der Waals surface area (Å²) in [4.78, 5) is 12.3. The minimum absolute atomic E-state index is 0.0744. The molecule has 1 spiro atoms. The van der Waals surface area contributed by atoms with Gasteiger partial charge in [-0.05, 0) is 25.7 Å². The van der Waals surface area contributed by atoms with Gasteiger partial charge in [0.15, 0.2) is 0 Å². The van der Waals surface area contributed by atoms with Crippen molar-refractivity contribution in [3.8, 4) is 0 Å². The lowest BCUT2D eigenvalue weighted by Gasteiger charge is -2.37. The third kappa shape index (κ3) is 3.74. The second-order valence-corrected chi connectivity index (χ2v) is 8.60. The predicted octanol–water partition coefficient (Wildman–Crippen LogP) is 3.83. The summed E-state index contributed by atoms with van der Waals surface area (Å²) >= 11 is 1.78. The molecule has 0 radical (unpaired) electrons. The fourth-order valence-electron chi connectivity index (χ4n) is 3.08. The Hall–Kier alpha value is -0.0200. The lowest BCUT2D eigenvalue weighted by atomic mass is 9.83. The molecule has 1 heterocycles. The summed E-state index contributed by atoms with van der Waals surface area (Å²) in [6.45, 7) is 7.31. The lowest BCUT2D eigenvalue weighted by molar-refractivity contribution is -0.134. The molecular formula is C15H26O2S. The molecule has 1 atom stereocenters. The third-order valence-corrected chi connectivity index (χ3v) is 5.41. The van der Waals surface area contributed by atoms with Gasteiger partial charge in [0.05, 0.1) is 11.4 Å². The van der Waals surface area contributed by atoms with Crippen LogP contribution in [0.1, 0.15) is 59.3 Å². The van der Waals surface area contributed by atoms with Gasteiger partial charge in [-0.3, -0.25) is 4.79 Å². The Morgan fingerprint density at radius 2 is 2.00 bits per heavy atom. The van der Waals surface area contributed by atoms with Crippen LogP contribution in [0.5, 0.6) is 0 Å². The van der Waals surface area contributed by atoms with E-state index in [4.69, 9.17) is 4.74 Å². The van der Waals surface area contributed by atoms with Crippen molar-refractivity contribution in [1.82, 2.24) is 0 Å². The van der Waals surface area contributed by atoms with Crippen LogP contribution in [0.4, 0.5) is 0 Å². The van der Waals surface area contributed by atoms with Crippen LogP contribution in [0.2, 0.25) is 0 Å². The van der Waals surface area contributed by atoms with E-state index in [9.17, 15) is 4.79 Å². The van der Waals surface area contributed by atoms with Crippen LogP contribution in [0.3, 0.4) is 0 Å². The topological polar surface area (TPSA) is 26.3 Å². The van der Waals surface area contributed by atoms with Crippen molar-refractivity contribution in [2.75, 3.05) is 12.4 Å². The zero-order valence-electron chi connectivity index (χ0n) is 12.0. The molecule has 3 heteroatoms. The number of hydrogen-bond acceptors (Lipinski definition) is 3. The SMILES string of the molecule is CC(C)(C)SCC(=O)C1CCOC2(CCCC2)C1. The number of carbonyl (C=O) groups excluding carboxylic acids is 1. The van der Waals surface area contributed by atoms with Crippen LogP contribution in [0.25, 0.3) is 0 Å². The highest BCUT2D eigenvalue weighted by Gasteiger charge is 2.41. The van der Waals surface area contributed by atoms with E-state index >= 15 is 0 Å². The molecule has 2 fully saturated rings. The number of Topliss-reactive ketones (excluding diaryl/α,β-unsaturated/α-hetero) is 1. The van der Waals surface area contributed by atoms with Crippen LogP contribution >= 0.6 is 11.8 Å². The quantitative estimate of drug-likeness (QED) is 0.779. The molecule has 0 aromatic heterocycles. The van der Waals surface area contributed by atoms with Crippen LogP contribution < -0.4 is 0 Å². The normalized spacial score (nSPS) is 27.6. The molecule has 0 bridgehead atoms. The van der Waals surface area contributed by atoms with Crippen molar-refractivity contribution in [2.24, 2.45) is 5.92 Å². The maximum atomic E-state index is 12.3. The summed E-state index contributed by atoms with van der Waals surface area (Å²) in [6, 6.07) is 0. The first-order chi connectivity index (χ1) is 8.40. The Morgan fingerprint density at radius 1 is 1.33 bits per heavy atom. The fraction of sp³-hybridized carbons (Fsp3) is 0.933. The summed E-state index contributed by atoms with van der Waals surface area (Å²) < 4.78 is 6.18. The van der Waals surface area contributed by atoms with Gasteiger partial charge in [0.25, 0.3) is 0 Å². The van der Waals surface area contributed by atoms with Crippen LogP contribution in [-0.4, -0.2) is 28.5 Å². The Bertz CT molecular complexity index is 300. The van der Waals surface area contributed by atoms with Gasteiger partial charge in [-0.25, -0.2) is 0 Å². The molecule has 2 rings (SSSR count). The molecular weight excluding hydrogens is 244 g/mol. The molecule has 0 aromatic carbocycles. The highest BCUT2D eigenvalue weighted by molar-refractivity contribution is 8.01. The third-order valence-electron chi connectivity index (χ3n) is 4.11. The molecule has 1 saturated carbocycles. The molecule has 0 aromatic rings. The van der Waals surface area contributed by atoms with Gasteiger partial charge < -0.3 is 4.74 Å². The molecule has 1 unspecified atom stereocenters. The monoisotopic (exact) mass is 270 g/mol. The average molecular weight is 270 g/mol. The average Bonchev–Trinajstić information content (AvgIpc) is 2.73. The second kappa shape index (κ2) is 5.54. The summed E-state index contributed by atoms with van der Waals surface area (Å²) in [5.74, 6) is 1.38. The molecule has 0 N–H and O–H groups in total. The maximum Gasteiger partial charge on any atom is 0.146 e. The minimum atomic E-state index is 0.0744. The zero-order chi connectivity index (χ0) is 13.2. The second-order valence-electron chi connectivity index (χ2n) is 6.80. The molecule has 2 nitrogen and oxygen atoms in total. The number of ketones is 1. The molecule has 1 aliphatic carbocycles. The Morgan fingerprint density at radius 3 is 2.61 bits per heavy atom. The Labute approximate surface area is 115 Å². The van der Waals surface area contributed by atoms with Gasteiger partial charge in [-0.2, -0.15) is 0 Å².